The van der Waals surface area contributed by atoms with Crippen LogP contribution in [0.5, 0.6) is 0 Å². The van der Waals surface area contributed by atoms with Crippen LogP contribution in [-0.4, -0.2) is 41.7 Å². The van der Waals surface area contributed by atoms with Crippen molar-refractivity contribution >= 4 is 30.4 Å². The van der Waals surface area contributed by atoms with Gasteiger partial charge in [-0.05, 0) is 0 Å². The molecule has 0 atom stereocenters. The number of benzene rings is 1. The summed E-state index contributed by atoms with van der Waals surface area (Å²) >= 11 is -2.39. The Morgan fingerprint density at radius 1 is 1.08 bits per heavy atom. The molecular formula is C19H33N3OSiSn. The van der Waals surface area contributed by atoms with Crippen LogP contribution in [0.2, 0.25) is 33.0 Å². The van der Waals surface area contributed by atoms with Crippen molar-refractivity contribution in [3.05, 3.63) is 41.6 Å². The average Bonchev–Trinajstić information content (AvgIpc) is 2.88. The van der Waals surface area contributed by atoms with E-state index < -0.39 is 26.7 Å². The third kappa shape index (κ3) is 5.17. The molecule has 2 rings (SSSR count). The summed E-state index contributed by atoms with van der Waals surface area (Å²) in [5.41, 5.74) is 2.32. The van der Waals surface area contributed by atoms with Crippen LogP contribution in [-0.2, 0) is 17.6 Å². The second-order valence-corrected chi connectivity index (χ2v) is 28.3. The van der Waals surface area contributed by atoms with E-state index in [0.29, 0.717) is 6.61 Å². The predicted molar refractivity (Wildman–Crippen MR) is 111 cm³/mol. The van der Waals surface area contributed by atoms with E-state index >= 15 is 0 Å². The van der Waals surface area contributed by atoms with E-state index in [2.05, 4.69) is 87.9 Å². The molecule has 0 unspecified atom stereocenters. The van der Waals surface area contributed by atoms with Gasteiger partial charge >= 0.3 is 158 Å². The van der Waals surface area contributed by atoms with Gasteiger partial charge in [-0.25, -0.2) is 0 Å². The van der Waals surface area contributed by atoms with Crippen molar-refractivity contribution in [2.45, 2.75) is 66.9 Å². The van der Waals surface area contributed by atoms with Crippen molar-refractivity contribution in [3.63, 3.8) is 0 Å². The molecule has 0 fully saturated rings. The molecule has 4 nitrogen and oxygen atoms in total. The van der Waals surface area contributed by atoms with Crippen LogP contribution in [0.25, 0.3) is 0 Å². The number of hydrogen-bond acceptors (Lipinski definition) is 3. The molecule has 0 amide bonds. The van der Waals surface area contributed by atoms with Crippen molar-refractivity contribution in [1.82, 2.24) is 15.0 Å². The Kier molecular flexibility index (Phi) is 6.21. The van der Waals surface area contributed by atoms with Crippen LogP contribution in [0.15, 0.2) is 30.3 Å². The van der Waals surface area contributed by atoms with E-state index in [4.69, 9.17) is 4.43 Å². The quantitative estimate of drug-likeness (QED) is 0.593. The number of nitrogens with zero attached hydrogens (tertiary/aromatic N) is 3. The van der Waals surface area contributed by atoms with E-state index in [1.807, 2.05) is 6.07 Å². The summed E-state index contributed by atoms with van der Waals surface area (Å²) in [5, 5.41) is 9.23. The van der Waals surface area contributed by atoms with Crippen molar-refractivity contribution in [2.24, 2.45) is 0 Å². The standard InChI is InChI=1S/C16H24N3OSi.3CH3.Sn/c1-16(2,3)21(4,5)20-13-15-12-19(18-17-15)11-14-9-7-6-8-10-14;;;;/h6-10H,11,13H2,1-5H3;3*1H3;. The Hall–Kier alpha value is -0.664. The molecule has 0 saturated carbocycles. The van der Waals surface area contributed by atoms with E-state index in [-0.39, 0.29) is 5.04 Å². The minimum atomic E-state index is -2.39. The van der Waals surface area contributed by atoms with Crippen LogP contribution in [0.1, 0.15) is 32.0 Å². The fourth-order valence-corrected chi connectivity index (χ4v) is 8.91. The molecule has 138 valence electrons. The van der Waals surface area contributed by atoms with Gasteiger partial charge in [0.15, 0.2) is 0 Å². The number of aromatic nitrogens is 3. The van der Waals surface area contributed by atoms with Crippen molar-refractivity contribution < 1.29 is 4.43 Å². The van der Waals surface area contributed by atoms with Crippen LogP contribution in [0.3, 0.4) is 0 Å². The first-order chi connectivity index (χ1) is 11.4. The zero-order valence-electron chi connectivity index (χ0n) is 17.1. The van der Waals surface area contributed by atoms with Gasteiger partial charge in [0, 0.05) is 0 Å². The fraction of sp³-hybridized carbons (Fsp3) is 0.579. The average molecular weight is 466 g/mol. The molecule has 0 aliphatic rings. The SMILES string of the molecule is CC(C)(C)[Si](C)(C)OCc1nnn(Cc2ccccc2)[c]1[Sn]([CH3])([CH3])[CH3]. The van der Waals surface area contributed by atoms with Crippen molar-refractivity contribution in [1.29, 1.82) is 0 Å². The Balaban J connectivity index is 2.28. The molecule has 6 heteroatoms. The second kappa shape index (κ2) is 7.52. The summed E-state index contributed by atoms with van der Waals surface area (Å²) in [6.45, 7) is 12.8. The van der Waals surface area contributed by atoms with Crippen LogP contribution < -0.4 is 3.71 Å². The van der Waals surface area contributed by atoms with Crippen molar-refractivity contribution in [2.75, 3.05) is 0 Å². The van der Waals surface area contributed by atoms with Crippen LogP contribution >= 0.6 is 0 Å². The van der Waals surface area contributed by atoms with Gasteiger partial charge in [0.05, 0.1) is 0 Å². The van der Waals surface area contributed by atoms with E-state index in [9.17, 15) is 0 Å². The molecule has 0 aliphatic heterocycles. The minimum absolute atomic E-state index is 0.207. The summed E-state index contributed by atoms with van der Waals surface area (Å²) in [6.07, 6.45) is 0. The monoisotopic (exact) mass is 467 g/mol. The second-order valence-electron chi connectivity index (χ2n) is 9.33. The van der Waals surface area contributed by atoms with Gasteiger partial charge in [-0.1, -0.05) is 0 Å². The van der Waals surface area contributed by atoms with Crippen LogP contribution in [0.4, 0.5) is 0 Å². The molecule has 0 spiro atoms. The summed E-state index contributed by atoms with van der Waals surface area (Å²) in [5.74, 6) is 0. The summed E-state index contributed by atoms with van der Waals surface area (Å²) in [7, 11) is -1.79. The molecule has 1 heterocycles. The van der Waals surface area contributed by atoms with Gasteiger partial charge in [-0.2, -0.15) is 0 Å². The van der Waals surface area contributed by atoms with Crippen LogP contribution in [0, 0.1) is 0 Å². The molecular weight excluding hydrogens is 433 g/mol. The maximum absolute atomic E-state index is 6.44. The predicted octanol–water partition coefficient (Wildman–Crippen LogP) is 4.39. The number of hydrogen-bond donors (Lipinski definition) is 0. The first kappa shape index (κ1) is 20.6. The van der Waals surface area contributed by atoms with Gasteiger partial charge in [-0.3, -0.25) is 0 Å². The zero-order chi connectivity index (χ0) is 18.9. The molecule has 0 aliphatic carbocycles. The zero-order valence-corrected chi connectivity index (χ0v) is 20.9. The summed E-state index contributed by atoms with van der Waals surface area (Å²) in [6, 6.07) is 10.5. The first-order valence-corrected chi connectivity index (χ1v) is 21.9. The normalized spacial score (nSPS) is 13.3. The van der Waals surface area contributed by atoms with E-state index in [1.54, 1.807) is 0 Å². The Labute approximate surface area is 158 Å². The fourth-order valence-electron chi connectivity index (χ4n) is 2.60. The molecule has 1 aromatic heterocycles. The molecule has 0 radical (unpaired) electrons. The Bertz CT molecular complexity index is 700. The third-order valence-electron chi connectivity index (χ3n) is 5.07. The van der Waals surface area contributed by atoms with Gasteiger partial charge < -0.3 is 0 Å². The molecule has 0 bridgehead atoms. The Morgan fingerprint density at radius 2 is 1.68 bits per heavy atom. The van der Waals surface area contributed by atoms with Gasteiger partial charge in [0.25, 0.3) is 0 Å². The molecule has 0 N–H and O–H groups in total. The van der Waals surface area contributed by atoms with E-state index in [0.717, 1.165) is 12.2 Å². The van der Waals surface area contributed by atoms with Gasteiger partial charge in [0.1, 0.15) is 0 Å². The van der Waals surface area contributed by atoms with Gasteiger partial charge in [0.2, 0.25) is 0 Å². The van der Waals surface area contributed by atoms with Gasteiger partial charge in [-0.15, -0.1) is 0 Å². The topological polar surface area (TPSA) is 39.9 Å². The number of rotatable bonds is 6. The summed E-state index contributed by atoms with van der Waals surface area (Å²) in [4.78, 5) is 7.26. The maximum atomic E-state index is 6.44. The summed E-state index contributed by atoms with van der Waals surface area (Å²) < 4.78 is 9.93. The van der Waals surface area contributed by atoms with E-state index in [1.165, 1.54) is 9.27 Å². The molecule has 2 aromatic rings. The molecule has 1 aromatic carbocycles. The Morgan fingerprint density at radius 3 is 2.20 bits per heavy atom. The molecule has 25 heavy (non-hydrogen) atoms. The molecule has 0 saturated heterocycles. The first-order valence-electron chi connectivity index (χ1n) is 9.02. The van der Waals surface area contributed by atoms with Crippen molar-refractivity contribution in [3.8, 4) is 0 Å². The third-order valence-corrected chi connectivity index (χ3v) is 15.2.